The van der Waals surface area contributed by atoms with Crippen molar-refractivity contribution < 1.29 is 12.4 Å². The zero-order chi connectivity index (χ0) is 5.82. The summed E-state index contributed by atoms with van der Waals surface area (Å²) in [5.41, 5.74) is 0. The van der Waals surface area contributed by atoms with Crippen molar-refractivity contribution in [2.24, 2.45) is 0 Å². The number of rotatable bonds is 2. The Labute approximate surface area is 61.6 Å². The first-order chi connectivity index (χ1) is 3.93. The second kappa shape index (κ2) is 4.39. The number of halogens is 1. The third-order valence-electron chi connectivity index (χ3n) is 1.01. The second-order valence-electron chi connectivity index (χ2n) is 1.77. The fraction of sp³-hybridized carbons (Fsp3) is 0.500. The highest BCUT2D eigenvalue weighted by Gasteiger charge is 2.07. The van der Waals surface area contributed by atoms with Gasteiger partial charge < -0.3 is 12.4 Å². The average Bonchev–Trinajstić information content (AvgIpc) is 2.19. The molecule has 1 heterocycles. The predicted octanol–water partition coefficient (Wildman–Crippen LogP) is -2.45. The zero-order valence-corrected chi connectivity index (χ0v) is 6.17. The van der Waals surface area contributed by atoms with Crippen LogP contribution in [0.15, 0.2) is 12.3 Å². The highest BCUT2D eigenvalue weighted by Crippen LogP contribution is 1.89. The van der Waals surface area contributed by atoms with Crippen LogP contribution in [0.3, 0.4) is 0 Å². The molecule has 1 aliphatic rings. The lowest BCUT2D eigenvalue weighted by Gasteiger charge is -1.93. The van der Waals surface area contributed by atoms with Crippen LogP contribution in [-0.4, -0.2) is 17.8 Å². The van der Waals surface area contributed by atoms with Crippen LogP contribution < -0.4 is 17.5 Å². The fourth-order valence-corrected chi connectivity index (χ4v) is 0.662. The van der Waals surface area contributed by atoms with Gasteiger partial charge >= 0.3 is 0 Å². The van der Waals surface area contributed by atoms with Crippen LogP contribution in [0.2, 0.25) is 0 Å². The lowest BCUT2D eigenvalue weighted by Crippen LogP contribution is -3.00. The van der Waals surface area contributed by atoms with Crippen LogP contribution in [0, 0.1) is 0 Å². The lowest BCUT2D eigenvalue weighted by atomic mass is 10.5. The third-order valence-corrected chi connectivity index (χ3v) is 1.01. The van der Waals surface area contributed by atoms with Crippen LogP contribution in [0.4, 0.5) is 0 Å². The summed E-state index contributed by atoms with van der Waals surface area (Å²) in [6, 6.07) is 0. The van der Waals surface area contributed by atoms with Crippen molar-refractivity contribution in [3.05, 3.63) is 12.3 Å². The van der Waals surface area contributed by atoms with Crippen LogP contribution in [0.1, 0.15) is 13.3 Å². The number of hydrazone groups is 1. The molecule has 0 fully saturated rings. The van der Waals surface area contributed by atoms with Gasteiger partial charge in [0, 0.05) is 6.08 Å². The summed E-state index contributed by atoms with van der Waals surface area (Å²) in [5.74, 6) is 0. The van der Waals surface area contributed by atoms with E-state index in [1.807, 2.05) is 17.3 Å². The standard InChI is InChI=1S/C6H10N2.ClH/c1-2-5-8-6-3-4-7-8;/h3-4,6H,2,5H2,1H3;1H/q+1;/p-1. The molecule has 0 spiro atoms. The van der Waals surface area contributed by atoms with Gasteiger partial charge in [0.15, 0.2) is 5.10 Å². The van der Waals surface area contributed by atoms with Gasteiger partial charge in [-0.25, -0.2) is 0 Å². The summed E-state index contributed by atoms with van der Waals surface area (Å²) in [6.07, 6.45) is 6.87. The summed E-state index contributed by atoms with van der Waals surface area (Å²) in [7, 11) is 0. The molecule has 0 saturated carbocycles. The Kier molecular flexibility index (Phi) is 4.14. The Bertz CT molecular complexity index is 108. The van der Waals surface area contributed by atoms with Crippen molar-refractivity contribution in [3.8, 4) is 0 Å². The minimum Gasteiger partial charge on any atom is -1.00 e. The molecular formula is C6H10ClN2. The van der Waals surface area contributed by atoms with Gasteiger partial charge in [-0.1, -0.05) is 11.9 Å². The molecule has 1 radical (unpaired) electrons. The van der Waals surface area contributed by atoms with Crippen molar-refractivity contribution in [2.45, 2.75) is 13.3 Å². The molecule has 0 aliphatic carbocycles. The highest BCUT2D eigenvalue weighted by molar-refractivity contribution is 5.71. The van der Waals surface area contributed by atoms with E-state index in [4.69, 9.17) is 0 Å². The van der Waals surface area contributed by atoms with E-state index in [1.165, 1.54) is 0 Å². The second-order valence-corrected chi connectivity index (χ2v) is 1.77. The van der Waals surface area contributed by atoms with Gasteiger partial charge in [0.2, 0.25) is 0 Å². The van der Waals surface area contributed by atoms with Crippen molar-refractivity contribution in [2.75, 3.05) is 6.54 Å². The minimum atomic E-state index is 0. The molecule has 3 heteroatoms. The molecule has 51 valence electrons. The summed E-state index contributed by atoms with van der Waals surface area (Å²) >= 11 is 0. The molecule has 0 aromatic carbocycles. The molecule has 0 bridgehead atoms. The molecule has 0 aromatic rings. The number of hydrogen-bond donors (Lipinski definition) is 0. The SMILES string of the molecule is CCCN1C=CC=[N+]1.[Cl-]. The van der Waals surface area contributed by atoms with Crippen LogP contribution >= 0.6 is 0 Å². The van der Waals surface area contributed by atoms with Crippen LogP contribution in [-0.2, 0) is 0 Å². The normalized spacial score (nSPS) is 14.1. The van der Waals surface area contributed by atoms with Gasteiger partial charge in [-0.05, 0) is 6.42 Å². The first-order valence-electron chi connectivity index (χ1n) is 2.91. The molecule has 9 heavy (non-hydrogen) atoms. The smallest absolute Gasteiger partial charge is 0.277 e. The van der Waals surface area contributed by atoms with E-state index in [9.17, 15) is 0 Å². The molecule has 0 saturated heterocycles. The third kappa shape index (κ3) is 2.51. The van der Waals surface area contributed by atoms with Gasteiger partial charge in [0.25, 0.3) is 6.21 Å². The average molecular weight is 146 g/mol. The van der Waals surface area contributed by atoms with E-state index >= 15 is 0 Å². The van der Waals surface area contributed by atoms with Crippen molar-refractivity contribution in [1.29, 1.82) is 0 Å². The highest BCUT2D eigenvalue weighted by atomic mass is 35.5. The van der Waals surface area contributed by atoms with Gasteiger partial charge in [0.05, 0.1) is 12.7 Å². The Morgan fingerprint density at radius 1 is 1.56 bits per heavy atom. The maximum absolute atomic E-state index is 4.02. The Hall–Kier alpha value is -0.500. The molecule has 0 atom stereocenters. The maximum Gasteiger partial charge on any atom is 0.277 e. The number of allylic oxidation sites excluding steroid dienone is 1. The quantitative estimate of drug-likeness (QED) is 0.422. The van der Waals surface area contributed by atoms with Gasteiger partial charge in [-0.15, -0.1) is 0 Å². The van der Waals surface area contributed by atoms with Gasteiger partial charge in [0.1, 0.15) is 0 Å². The van der Waals surface area contributed by atoms with E-state index in [2.05, 4.69) is 12.0 Å². The van der Waals surface area contributed by atoms with Crippen LogP contribution in [0.5, 0.6) is 0 Å². The number of hydrogen-bond acceptors (Lipinski definition) is 2. The Morgan fingerprint density at radius 2 is 2.33 bits per heavy atom. The minimum absolute atomic E-state index is 0. The fourth-order valence-electron chi connectivity index (χ4n) is 0.662. The predicted molar refractivity (Wildman–Crippen MR) is 34.3 cm³/mol. The van der Waals surface area contributed by atoms with Crippen molar-refractivity contribution >= 4 is 6.21 Å². The first-order valence-corrected chi connectivity index (χ1v) is 2.91. The summed E-state index contributed by atoms with van der Waals surface area (Å²) < 4.78 is 0. The van der Waals surface area contributed by atoms with E-state index in [-0.39, 0.29) is 12.4 Å². The monoisotopic (exact) mass is 145 g/mol. The first kappa shape index (κ1) is 8.50. The summed E-state index contributed by atoms with van der Waals surface area (Å²) in [5, 5.41) is 5.95. The van der Waals surface area contributed by atoms with Gasteiger partial charge in [-0.2, -0.15) is 0 Å². The van der Waals surface area contributed by atoms with E-state index < -0.39 is 0 Å². The molecule has 1 rings (SSSR count). The zero-order valence-electron chi connectivity index (χ0n) is 5.42. The molecular weight excluding hydrogens is 136 g/mol. The number of nitrogens with zero attached hydrogens (tertiary/aromatic N) is 2. The summed E-state index contributed by atoms with van der Waals surface area (Å²) in [4.78, 5) is 0. The molecule has 0 unspecified atom stereocenters. The largest absolute Gasteiger partial charge is 1.00 e. The molecule has 0 N–H and O–H groups in total. The lowest BCUT2D eigenvalue weighted by molar-refractivity contribution is -0.00000178. The summed E-state index contributed by atoms with van der Waals surface area (Å²) in [6.45, 7) is 3.18. The topological polar surface area (TPSA) is 17.3 Å². The van der Waals surface area contributed by atoms with Crippen molar-refractivity contribution in [1.82, 2.24) is 10.1 Å². The maximum atomic E-state index is 4.02. The molecule has 1 aliphatic heterocycles. The Morgan fingerprint density at radius 3 is 2.78 bits per heavy atom. The molecule has 2 nitrogen and oxygen atoms in total. The van der Waals surface area contributed by atoms with Crippen LogP contribution in [0.25, 0.3) is 0 Å². The van der Waals surface area contributed by atoms with Gasteiger partial charge in [-0.3, -0.25) is 0 Å². The van der Waals surface area contributed by atoms with E-state index in [0.717, 1.165) is 13.0 Å². The van der Waals surface area contributed by atoms with E-state index in [0.29, 0.717) is 0 Å². The Balaban J connectivity index is 0.000000640. The van der Waals surface area contributed by atoms with Crippen molar-refractivity contribution in [3.63, 3.8) is 0 Å². The molecule has 0 aromatic heterocycles. The van der Waals surface area contributed by atoms with E-state index in [1.54, 1.807) is 6.21 Å². The molecule has 0 amide bonds.